The Balaban J connectivity index is 1.67. The number of hydrogen-bond acceptors (Lipinski definition) is 5. The van der Waals surface area contributed by atoms with Gasteiger partial charge in [-0.2, -0.15) is 4.37 Å². The third kappa shape index (κ3) is 3.42. The number of nitrogens with zero attached hydrogens (tertiary/aromatic N) is 2. The van der Waals surface area contributed by atoms with Crippen molar-refractivity contribution in [2.24, 2.45) is 5.92 Å². The van der Waals surface area contributed by atoms with E-state index < -0.39 is 0 Å². The largest absolute Gasteiger partial charge is 0.377 e. The van der Waals surface area contributed by atoms with Crippen LogP contribution in [0.25, 0.3) is 0 Å². The summed E-state index contributed by atoms with van der Waals surface area (Å²) in [5.74, 6) is 1.70. The van der Waals surface area contributed by atoms with E-state index in [2.05, 4.69) is 14.7 Å². The van der Waals surface area contributed by atoms with E-state index in [9.17, 15) is 0 Å². The standard InChI is InChI=1S/C11H19N3OS/c1-15-8-10-13-11(16-14-10)12-7-6-9-4-2-3-5-9/h9H,2-8H2,1H3,(H,12,13,14). The summed E-state index contributed by atoms with van der Waals surface area (Å²) in [5.41, 5.74) is 0. The van der Waals surface area contributed by atoms with Gasteiger partial charge in [-0.3, -0.25) is 0 Å². The summed E-state index contributed by atoms with van der Waals surface area (Å²) < 4.78 is 9.18. The molecule has 1 aliphatic rings. The number of anilines is 1. The van der Waals surface area contributed by atoms with Crippen LogP contribution in [0.3, 0.4) is 0 Å². The zero-order valence-electron chi connectivity index (χ0n) is 9.74. The molecular formula is C11H19N3OS. The minimum Gasteiger partial charge on any atom is -0.377 e. The highest BCUT2D eigenvalue weighted by Gasteiger charge is 2.14. The van der Waals surface area contributed by atoms with Gasteiger partial charge in [-0.1, -0.05) is 25.7 Å². The van der Waals surface area contributed by atoms with Crippen LogP contribution in [0.5, 0.6) is 0 Å². The molecule has 0 saturated heterocycles. The normalized spacial score (nSPS) is 16.8. The molecule has 90 valence electrons. The molecule has 4 nitrogen and oxygen atoms in total. The first-order chi connectivity index (χ1) is 7.88. The monoisotopic (exact) mass is 241 g/mol. The fourth-order valence-corrected chi connectivity index (χ4v) is 2.79. The van der Waals surface area contributed by atoms with Gasteiger partial charge in [0.1, 0.15) is 6.61 Å². The summed E-state index contributed by atoms with van der Waals surface area (Å²) in [4.78, 5) is 4.34. The molecule has 5 heteroatoms. The van der Waals surface area contributed by atoms with Crippen LogP contribution in [-0.4, -0.2) is 23.0 Å². The Hall–Kier alpha value is -0.680. The number of rotatable bonds is 6. The second kappa shape index (κ2) is 6.15. The van der Waals surface area contributed by atoms with Crippen molar-refractivity contribution in [1.29, 1.82) is 0 Å². The molecular weight excluding hydrogens is 222 g/mol. The van der Waals surface area contributed by atoms with Crippen LogP contribution < -0.4 is 5.32 Å². The van der Waals surface area contributed by atoms with Crippen LogP contribution in [-0.2, 0) is 11.3 Å². The minimum absolute atomic E-state index is 0.501. The lowest BCUT2D eigenvalue weighted by Crippen LogP contribution is -2.06. The number of hydrogen-bond donors (Lipinski definition) is 1. The van der Waals surface area contributed by atoms with Gasteiger partial charge in [0.05, 0.1) is 0 Å². The second-order valence-corrected chi connectivity index (χ2v) is 5.07. The quantitative estimate of drug-likeness (QED) is 0.831. The molecule has 0 amide bonds. The molecule has 1 N–H and O–H groups in total. The molecule has 0 atom stereocenters. The predicted octanol–water partition coefficient (Wildman–Crippen LogP) is 2.68. The maximum atomic E-state index is 4.98. The third-order valence-electron chi connectivity index (χ3n) is 3.05. The van der Waals surface area contributed by atoms with Crippen molar-refractivity contribution >= 4 is 16.7 Å². The van der Waals surface area contributed by atoms with E-state index in [0.29, 0.717) is 6.61 Å². The van der Waals surface area contributed by atoms with Crippen LogP contribution >= 0.6 is 11.5 Å². The molecule has 1 aromatic heterocycles. The molecule has 0 spiro atoms. The molecule has 0 unspecified atom stereocenters. The van der Waals surface area contributed by atoms with E-state index in [0.717, 1.165) is 23.4 Å². The SMILES string of the molecule is COCc1nsc(NCCC2CCCC2)n1. The summed E-state index contributed by atoms with van der Waals surface area (Å²) in [6.07, 6.45) is 6.92. The molecule has 2 rings (SSSR count). The lowest BCUT2D eigenvalue weighted by molar-refractivity contribution is 0.179. The van der Waals surface area contributed by atoms with E-state index in [-0.39, 0.29) is 0 Å². The first-order valence-electron chi connectivity index (χ1n) is 5.94. The third-order valence-corrected chi connectivity index (χ3v) is 3.76. The van der Waals surface area contributed by atoms with Gasteiger partial charge in [0.2, 0.25) is 5.13 Å². The van der Waals surface area contributed by atoms with Crippen LogP contribution in [0.1, 0.15) is 37.9 Å². The Morgan fingerprint density at radius 1 is 1.44 bits per heavy atom. The highest BCUT2D eigenvalue weighted by Crippen LogP contribution is 2.27. The average molecular weight is 241 g/mol. The van der Waals surface area contributed by atoms with Gasteiger partial charge < -0.3 is 10.1 Å². The van der Waals surface area contributed by atoms with Crippen LogP contribution in [0, 0.1) is 5.92 Å². The molecule has 1 fully saturated rings. The highest BCUT2D eigenvalue weighted by atomic mass is 32.1. The summed E-state index contributed by atoms with van der Waals surface area (Å²) >= 11 is 1.42. The van der Waals surface area contributed by atoms with Crippen molar-refractivity contribution in [3.63, 3.8) is 0 Å². The Bertz CT molecular complexity index is 310. The van der Waals surface area contributed by atoms with Crippen molar-refractivity contribution in [2.75, 3.05) is 19.0 Å². The van der Waals surface area contributed by atoms with Crippen LogP contribution in [0.15, 0.2) is 0 Å². The molecule has 0 aromatic carbocycles. The summed E-state index contributed by atoms with van der Waals surface area (Å²) in [7, 11) is 1.66. The Morgan fingerprint density at radius 2 is 2.25 bits per heavy atom. The minimum atomic E-state index is 0.501. The number of methoxy groups -OCH3 is 1. The van der Waals surface area contributed by atoms with Gasteiger partial charge in [0.25, 0.3) is 0 Å². The number of aromatic nitrogens is 2. The van der Waals surface area contributed by atoms with Crippen molar-refractivity contribution in [1.82, 2.24) is 9.36 Å². The van der Waals surface area contributed by atoms with Crippen LogP contribution in [0.2, 0.25) is 0 Å². The van der Waals surface area contributed by atoms with Crippen molar-refractivity contribution in [3.8, 4) is 0 Å². The maximum Gasteiger partial charge on any atom is 0.202 e. The second-order valence-electron chi connectivity index (χ2n) is 4.31. The van der Waals surface area contributed by atoms with Gasteiger partial charge in [0, 0.05) is 25.2 Å². The number of nitrogens with one attached hydrogen (secondary N) is 1. The molecule has 0 bridgehead atoms. The summed E-state index contributed by atoms with van der Waals surface area (Å²) in [5, 5.41) is 4.26. The van der Waals surface area contributed by atoms with Gasteiger partial charge in [-0.15, -0.1) is 0 Å². The molecule has 1 saturated carbocycles. The fraction of sp³-hybridized carbons (Fsp3) is 0.818. The maximum absolute atomic E-state index is 4.98. The zero-order chi connectivity index (χ0) is 11.2. The van der Waals surface area contributed by atoms with Gasteiger partial charge >= 0.3 is 0 Å². The molecule has 16 heavy (non-hydrogen) atoms. The van der Waals surface area contributed by atoms with E-state index in [1.54, 1.807) is 7.11 Å². The van der Waals surface area contributed by atoms with Gasteiger partial charge in [0.15, 0.2) is 5.82 Å². The van der Waals surface area contributed by atoms with Crippen molar-refractivity contribution in [3.05, 3.63) is 5.82 Å². The Labute approximate surface area is 101 Å². The molecule has 1 heterocycles. The fourth-order valence-electron chi connectivity index (χ4n) is 2.20. The van der Waals surface area contributed by atoms with E-state index in [1.807, 2.05) is 0 Å². The number of ether oxygens (including phenoxy) is 1. The molecule has 1 aliphatic carbocycles. The Kier molecular flexibility index (Phi) is 4.54. The molecule has 0 radical (unpaired) electrons. The zero-order valence-corrected chi connectivity index (χ0v) is 10.6. The van der Waals surface area contributed by atoms with E-state index >= 15 is 0 Å². The van der Waals surface area contributed by atoms with Crippen molar-refractivity contribution in [2.45, 2.75) is 38.7 Å². The van der Waals surface area contributed by atoms with E-state index in [1.165, 1.54) is 43.6 Å². The first kappa shape index (κ1) is 11.8. The first-order valence-corrected chi connectivity index (χ1v) is 6.71. The lowest BCUT2D eigenvalue weighted by Gasteiger charge is -2.08. The van der Waals surface area contributed by atoms with Gasteiger partial charge in [-0.05, 0) is 12.3 Å². The van der Waals surface area contributed by atoms with E-state index in [4.69, 9.17) is 4.74 Å². The summed E-state index contributed by atoms with van der Waals surface area (Å²) in [6.45, 7) is 1.52. The smallest absolute Gasteiger partial charge is 0.202 e. The van der Waals surface area contributed by atoms with Crippen LogP contribution in [0.4, 0.5) is 5.13 Å². The predicted molar refractivity (Wildman–Crippen MR) is 65.7 cm³/mol. The Morgan fingerprint density at radius 3 is 3.00 bits per heavy atom. The van der Waals surface area contributed by atoms with Gasteiger partial charge in [-0.25, -0.2) is 4.98 Å². The average Bonchev–Trinajstić information content (AvgIpc) is 2.90. The topological polar surface area (TPSA) is 47.0 Å². The molecule has 1 aromatic rings. The summed E-state index contributed by atoms with van der Waals surface area (Å²) in [6, 6.07) is 0. The van der Waals surface area contributed by atoms with Crippen molar-refractivity contribution < 1.29 is 4.74 Å². The lowest BCUT2D eigenvalue weighted by atomic mass is 10.0. The molecule has 0 aliphatic heterocycles. The highest BCUT2D eigenvalue weighted by molar-refractivity contribution is 7.09.